The molecule has 0 radical (unpaired) electrons. The maximum atomic E-state index is 13.1. The van der Waals surface area contributed by atoms with Gasteiger partial charge in [-0.2, -0.15) is 26.3 Å². The van der Waals surface area contributed by atoms with Crippen LogP contribution in [0.1, 0.15) is 77.6 Å². The first kappa shape index (κ1) is 27.7. The van der Waals surface area contributed by atoms with Gasteiger partial charge in [-0.15, -0.1) is 0 Å². The van der Waals surface area contributed by atoms with Crippen molar-refractivity contribution in [2.24, 2.45) is 22.7 Å². The van der Waals surface area contributed by atoms with Crippen molar-refractivity contribution in [2.45, 2.75) is 108 Å². The largest absolute Gasteiger partial charge is 0.429 e. The van der Waals surface area contributed by atoms with Crippen molar-refractivity contribution in [1.82, 2.24) is 0 Å². The standard InChI is InChI=1S/C27H36F6O3/c1-23-9-2-4-18(6-5-17-14-19(34)16-20(35)15-17)21(23)7-8-22(23)24(12-13-24)10-3-11-25(36,26(28,29)30)27(31,32)33/h3,5-6,11,19-22,34-36H,2,4,7-10,12-16H2,1H3/b11-3-,18-6+/t19-,20-,21+,22+,23+/m1/s1. The molecule has 4 saturated carbocycles. The van der Waals surface area contributed by atoms with E-state index in [1.165, 1.54) is 5.57 Å². The molecule has 0 saturated heterocycles. The van der Waals surface area contributed by atoms with Crippen LogP contribution in [0.25, 0.3) is 0 Å². The molecule has 0 amide bonds. The van der Waals surface area contributed by atoms with Gasteiger partial charge in [-0.25, -0.2) is 0 Å². The minimum absolute atomic E-state index is 0.0805. The molecule has 3 N–H and O–H groups in total. The molecular formula is C27H36F6O3. The molecule has 0 aromatic heterocycles. The van der Waals surface area contributed by atoms with E-state index < -0.39 is 30.2 Å². The summed E-state index contributed by atoms with van der Waals surface area (Å²) in [6, 6.07) is 0. The van der Waals surface area contributed by atoms with Crippen molar-refractivity contribution in [3.63, 3.8) is 0 Å². The number of hydrogen-bond donors (Lipinski definition) is 3. The zero-order valence-electron chi connectivity index (χ0n) is 20.5. The van der Waals surface area contributed by atoms with E-state index in [-0.39, 0.29) is 29.2 Å². The van der Waals surface area contributed by atoms with Crippen LogP contribution in [0.15, 0.2) is 35.5 Å². The fraction of sp³-hybridized carbons (Fsp3) is 0.778. The molecule has 0 aliphatic heterocycles. The second kappa shape index (κ2) is 9.45. The lowest BCUT2D eigenvalue weighted by Crippen LogP contribution is -2.55. The number of allylic oxidation sites excluding steroid dienone is 4. The summed E-state index contributed by atoms with van der Waals surface area (Å²) in [5.41, 5.74) is -2.92. The Kier molecular flexibility index (Phi) is 7.28. The van der Waals surface area contributed by atoms with Crippen LogP contribution in [0.2, 0.25) is 0 Å². The SMILES string of the molecule is C[C@]12CCC/C(=C\C=C3C[C@@H](O)C[C@H](O)C3)[C@@H]1CC[C@@H]2C1(C/C=C\C(O)(C(F)(F)F)C(F)(F)F)CC1. The Bertz CT molecular complexity index is 887. The van der Waals surface area contributed by atoms with Crippen LogP contribution < -0.4 is 0 Å². The predicted octanol–water partition coefficient (Wildman–Crippen LogP) is 6.54. The Hall–Kier alpha value is -1.32. The van der Waals surface area contributed by atoms with Gasteiger partial charge >= 0.3 is 12.4 Å². The van der Waals surface area contributed by atoms with Crippen LogP contribution in [0.3, 0.4) is 0 Å². The van der Waals surface area contributed by atoms with Gasteiger partial charge in [-0.05, 0) is 99.4 Å². The third kappa shape index (κ3) is 5.04. The minimum atomic E-state index is -5.84. The summed E-state index contributed by atoms with van der Waals surface area (Å²) >= 11 is 0. The normalized spacial score (nSPS) is 36.4. The number of rotatable bonds is 5. The molecule has 3 nitrogen and oxygen atoms in total. The molecule has 5 atom stereocenters. The number of aliphatic hydroxyl groups excluding tert-OH is 2. The first-order valence-corrected chi connectivity index (χ1v) is 12.9. The Morgan fingerprint density at radius 3 is 2.08 bits per heavy atom. The lowest BCUT2D eigenvalue weighted by atomic mass is 9.59. The molecule has 0 heterocycles. The average molecular weight is 523 g/mol. The van der Waals surface area contributed by atoms with Gasteiger partial charge in [-0.1, -0.05) is 36.3 Å². The van der Waals surface area contributed by atoms with Gasteiger partial charge in [0.25, 0.3) is 5.60 Å². The summed E-state index contributed by atoms with van der Waals surface area (Å²) < 4.78 is 78.3. The van der Waals surface area contributed by atoms with Gasteiger partial charge in [0, 0.05) is 0 Å². The molecule has 9 heteroatoms. The van der Waals surface area contributed by atoms with Crippen molar-refractivity contribution >= 4 is 0 Å². The summed E-state index contributed by atoms with van der Waals surface area (Å²) in [4.78, 5) is 0. The summed E-state index contributed by atoms with van der Waals surface area (Å²) in [6.45, 7) is 2.22. The maximum absolute atomic E-state index is 13.1. The molecule has 4 aliphatic rings. The Morgan fingerprint density at radius 1 is 0.917 bits per heavy atom. The van der Waals surface area contributed by atoms with E-state index in [1.54, 1.807) is 0 Å². The molecule has 0 unspecified atom stereocenters. The first-order chi connectivity index (χ1) is 16.6. The van der Waals surface area contributed by atoms with Crippen molar-refractivity contribution in [1.29, 1.82) is 0 Å². The molecule has 0 aromatic carbocycles. The summed E-state index contributed by atoms with van der Waals surface area (Å²) in [6.07, 6.45) is -0.0501. The molecule has 204 valence electrons. The van der Waals surface area contributed by atoms with Crippen LogP contribution in [-0.4, -0.2) is 45.5 Å². The molecule has 0 aromatic rings. The van der Waals surface area contributed by atoms with Crippen molar-refractivity contribution in [3.8, 4) is 0 Å². The number of fused-ring (bicyclic) bond motifs is 1. The fourth-order valence-electron chi connectivity index (χ4n) is 7.45. The van der Waals surface area contributed by atoms with Gasteiger partial charge in [0.1, 0.15) is 0 Å². The second-order valence-corrected chi connectivity index (χ2v) is 11.8. The highest BCUT2D eigenvalue weighted by molar-refractivity contribution is 5.27. The Labute approximate surface area is 208 Å². The summed E-state index contributed by atoms with van der Waals surface area (Å²) in [5, 5.41) is 29.4. The fourth-order valence-corrected chi connectivity index (χ4v) is 7.45. The van der Waals surface area contributed by atoms with Gasteiger partial charge in [0.15, 0.2) is 0 Å². The number of hydrogen-bond acceptors (Lipinski definition) is 3. The number of alkyl halides is 6. The smallest absolute Gasteiger partial charge is 0.393 e. The quantitative estimate of drug-likeness (QED) is 0.284. The molecule has 36 heavy (non-hydrogen) atoms. The molecule has 4 aliphatic carbocycles. The van der Waals surface area contributed by atoms with Gasteiger partial charge < -0.3 is 15.3 Å². The van der Waals surface area contributed by atoms with E-state index in [1.807, 2.05) is 6.08 Å². The van der Waals surface area contributed by atoms with Crippen molar-refractivity contribution in [3.05, 3.63) is 35.5 Å². The van der Waals surface area contributed by atoms with Crippen LogP contribution in [0.4, 0.5) is 26.3 Å². The topological polar surface area (TPSA) is 60.7 Å². The second-order valence-electron chi connectivity index (χ2n) is 11.8. The van der Waals surface area contributed by atoms with E-state index in [2.05, 4.69) is 13.0 Å². The third-order valence-electron chi connectivity index (χ3n) is 9.42. The molecule has 0 spiro atoms. The van der Waals surface area contributed by atoms with E-state index in [4.69, 9.17) is 0 Å². The number of aliphatic hydroxyl groups is 3. The van der Waals surface area contributed by atoms with Crippen LogP contribution in [-0.2, 0) is 0 Å². The maximum Gasteiger partial charge on any atom is 0.429 e. The Morgan fingerprint density at radius 2 is 1.53 bits per heavy atom. The summed E-state index contributed by atoms with van der Waals surface area (Å²) in [7, 11) is 0. The lowest BCUT2D eigenvalue weighted by Gasteiger charge is -2.45. The monoisotopic (exact) mass is 522 g/mol. The molecular weight excluding hydrogens is 486 g/mol. The van der Waals surface area contributed by atoms with Crippen molar-refractivity contribution < 1.29 is 41.7 Å². The van der Waals surface area contributed by atoms with Gasteiger partial charge in [0.05, 0.1) is 12.2 Å². The highest BCUT2D eigenvalue weighted by Crippen LogP contribution is 2.69. The molecule has 4 rings (SSSR count). The van der Waals surface area contributed by atoms with Crippen LogP contribution >= 0.6 is 0 Å². The zero-order chi connectivity index (χ0) is 26.6. The van der Waals surface area contributed by atoms with Gasteiger partial charge in [0.2, 0.25) is 0 Å². The third-order valence-corrected chi connectivity index (χ3v) is 9.42. The first-order valence-electron chi connectivity index (χ1n) is 12.9. The van der Waals surface area contributed by atoms with E-state index in [0.29, 0.717) is 25.2 Å². The minimum Gasteiger partial charge on any atom is -0.393 e. The number of halogens is 6. The highest BCUT2D eigenvalue weighted by atomic mass is 19.4. The van der Waals surface area contributed by atoms with E-state index in [9.17, 15) is 41.7 Å². The van der Waals surface area contributed by atoms with E-state index in [0.717, 1.165) is 56.6 Å². The highest BCUT2D eigenvalue weighted by Gasteiger charge is 2.69. The van der Waals surface area contributed by atoms with Gasteiger partial charge in [-0.3, -0.25) is 0 Å². The van der Waals surface area contributed by atoms with Crippen molar-refractivity contribution in [2.75, 3.05) is 0 Å². The van der Waals surface area contributed by atoms with Crippen LogP contribution in [0, 0.1) is 22.7 Å². The zero-order valence-corrected chi connectivity index (χ0v) is 20.5. The van der Waals surface area contributed by atoms with Crippen LogP contribution in [0.5, 0.6) is 0 Å². The average Bonchev–Trinajstić information content (AvgIpc) is 3.42. The lowest BCUT2D eigenvalue weighted by molar-refractivity contribution is -0.347. The summed E-state index contributed by atoms with van der Waals surface area (Å²) in [5.74, 6) is 0.495. The predicted molar refractivity (Wildman–Crippen MR) is 123 cm³/mol. The Balaban J connectivity index is 1.50. The molecule has 0 bridgehead atoms. The molecule has 4 fully saturated rings. The van der Waals surface area contributed by atoms with E-state index >= 15 is 0 Å².